The molecule has 0 saturated carbocycles. The zero-order valence-electron chi connectivity index (χ0n) is 16.7. The van der Waals surface area contributed by atoms with Crippen LogP contribution in [0.3, 0.4) is 0 Å². The van der Waals surface area contributed by atoms with Crippen LogP contribution in [0.4, 0.5) is 5.82 Å². The maximum Gasteiger partial charge on any atom is 0.243 e. The van der Waals surface area contributed by atoms with Crippen molar-refractivity contribution in [2.45, 2.75) is 38.0 Å². The van der Waals surface area contributed by atoms with Crippen LogP contribution in [0, 0.1) is 13.8 Å². The fraction of sp³-hybridized carbons (Fsp3) is 0.429. The van der Waals surface area contributed by atoms with E-state index in [-0.39, 0.29) is 0 Å². The van der Waals surface area contributed by atoms with E-state index in [1.54, 1.807) is 28.0 Å². The number of fused-ring (bicyclic) bond motifs is 2. The maximum absolute atomic E-state index is 13.2. The van der Waals surface area contributed by atoms with Crippen molar-refractivity contribution in [3.8, 4) is 0 Å². The number of anilines is 1. The first-order valence-corrected chi connectivity index (χ1v) is 12.3. The summed E-state index contributed by atoms with van der Waals surface area (Å²) in [5.41, 5.74) is 3.70. The number of rotatable bonds is 3. The van der Waals surface area contributed by atoms with Gasteiger partial charge in [-0.1, -0.05) is 6.07 Å². The molecule has 0 atom stereocenters. The summed E-state index contributed by atoms with van der Waals surface area (Å²) in [5.74, 6) is 0.923. The van der Waals surface area contributed by atoms with Crippen molar-refractivity contribution < 1.29 is 8.42 Å². The Hall–Kier alpha value is -2.03. The molecule has 1 fully saturated rings. The fourth-order valence-electron chi connectivity index (χ4n) is 4.40. The lowest BCUT2D eigenvalue weighted by Gasteiger charge is -2.35. The standard InChI is InChI=1S/C21H24N4O2S2/c1-14-15(2)28-21-19(14)20(22-13-23-21)24-8-10-25(11-9-24)29(26,27)18-7-6-16-4-3-5-17(16)12-18/h6-7,12-13H,3-5,8-11H2,1-2H3. The number of thiophene rings is 1. The lowest BCUT2D eigenvalue weighted by Crippen LogP contribution is -2.49. The summed E-state index contributed by atoms with van der Waals surface area (Å²) in [5, 5.41) is 1.10. The summed E-state index contributed by atoms with van der Waals surface area (Å²) in [4.78, 5) is 13.8. The van der Waals surface area contributed by atoms with Gasteiger partial charge in [-0.25, -0.2) is 18.4 Å². The number of hydrogen-bond acceptors (Lipinski definition) is 6. The number of nitrogens with zero attached hydrogens (tertiary/aromatic N) is 4. The molecule has 3 heterocycles. The summed E-state index contributed by atoms with van der Waals surface area (Å²) in [7, 11) is -3.46. The highest BCUT2D eigenvalue weighted by molar-refractivity contribution is 7.89. The van der Waals surface area contributed by atoms with E-state index >= 15 is 0 Å². The molecule has 0 bridgehead atoms. The van der Waals surface area contributed by atoms with E-state index in [4.69, 9.17) is 0 Å². The smallest absolute Gasteiger partial charge is 0.243 e. The number of benzene rings is 1. The number of piperazine rings is 1. The highest BCUT2D eigenvalue weighted by Gasteiger charge is 2.30. The molecule has 0 radical (unpaired) electrons. The molecule has 0 unspecified atom stereocenters. The summed E-state index contributed by atoms with van der Waals surface area (Å²) in [6.07, 6.45) is 4.77. The van der Waals surface area contributed by atoms with Crippen LogP contribution in [0.2, 0.25) is 0 Å². The molecule has 1 aliphatic heterocycles. The number of sulfonamides is 1. The molecule has 0 N–H and O–H groups in total. The van der Waals surface area contributed by atoms with E-state index < -0.39 is 10.0 Å². The van der Waals surface area contributed by atoms with Crippen LogP contribution in [0.15, 0.2) is 29.4 Å². The van der Waals surface area contributed by atoms with E-state index in [1.165, 1.54) is 21.6 Å². The minimum absolute atomic E-state index is 0.431. The van der Waals surface area contributed by atoms with Crippen molar-refractivity contribution in [2.75, 3.05) is 31.1 Å². The summed E-state index contributed by atoms with van der Waals surface area (Å²) >= 11 is 1.68. The third-order valence-electron chi connectivity index (χ3n) is 6.19. The lowest BCUT2D eigenvalue weighted by atomic mass is 10.1. The Morgan fingerprint density at radius 1 is 1.00 bits per heavy atom. The van der Waals surface area contributed by atoms with Gasteiger partial charge in [0.25, 0.3) is 0 Å². The average molecular weight is 429 g/mol. The van der Waals surface area contributed by atoms with Crippen LogP contribution in [-0.4, -0.2) is 48.9 Å². The van der Waals surface area contributed by atoms with E-state index in [2.05, 4.69) is 28.7 Å². The Morgan fingerprint density at radius 3 is 2.55 bits per heavy atom. The summed E-state index contributed by atoms with van der Waals surface area (Å²) in [6, 6.07) is 5.65. The van der Waals surface area contributed by atoms with Gasteiger partial charge in [-0.2, -0.15) is 4.31 Å². The molecule has 1 aliphatic carbocycles. The largest absolute Gasteiger partial charge is 0.353 e. The van der Waals surface area contributed by atoms with E-state index in [0.717, 1.165) is 35.3 Å². The van der Waals surface area contributed by atoms with E-state index in [9.17, 15) is 8.42 Å². The van der Waals surface area contributed by atoms with Gasteiger partial charge >= 0.3 is 0 Å². The van der Waals surface area contributed by atoms with Crippen molar-refractivity contribution in [2.24, 2.45) is 0 Å². The second kappa shape index (κ2) is 7.04. The van der Waals surface area contributed by atoms with Crippen LogP contribution >= 0.6 is 11.3 Å². The van der Waals surface area contributed by atoms with Crippen molar-refractivity contribution in [3.63, 3.8) is 0 Å². The van der Waals surface area contributed by atoms with Crippen molar-refractivity contribution >= 4 is 37.4 Å². The number of aromatic nitrogens is 2. The molecule has 0 amide bonds. The molecule has 1 saturated heterocycles. The Kier molecular flexibility index (Phi) is 4.60. The zero-order valence-corrected chi connectivity index (χ0v) is 18.3. The first-order valence-electron chi connectivity index (χ1n) is 10.0. The monoisotopic (exact) mass is 428 g/mol. The molecule has 0 spiro atoms. The van der Waals surface area contributed by atoms with Crippen LogP contribution in [0.5, 0.6) is 0 Å². The highest BCUT2D eigenvalue weighted by atomic mass is 32.2. The third kappa shape index (κ3) is 3.14. The predicted molar refractivity (Wildman–Crippen MR) is 116 cm³/mol. The quantitative estimate of drug-likeness (QED) is 0.640. The molecule has 6 nitrogen and oxygen atoms in total. The van der Waals surface area contributed by atoms with Gasteiger partial charge in [0.1, 0.15) is 17.0 Å². The van der Waals surface area contributed by atoms with Crippen LogP contribution in [0.25, 0.3) is 10.2 Å². The van der Waals surface area contributed by atoms with Crippen LogP contribution in [-0.2, 0) is 22.9 Å². The summed E-state index contributed by atoms with van der Waals surface area (Å²) in [6.45, 7) is 6.40. The van der Waals surface area contributed by atoms with Gasteiger partial charge in [0.2, 0.25) is 10.0 Å². The SMILES string of the molecule is Cc1sc2ncnc(N3CCN(S(=O)(=O)c4ccc5c(c4)CCC5)CC3)c2c1C. The van der Waals surface area contributed by atoms with Gasteiger partial charge in [0, 0.05) is 31.1 Å². The Morgan fingerprint density at radius 2 is 1.76 bits per heavy atom. The molecule has 3 aromatic rings. The maximum atomic E-state index is 13.2. The Bertz CT molecular complexity index is 1190. The second-order valence-electron chi connectivity index (χ2n) is 7.84. The number of aryl methyl sites for hydroxylation is 4. The zero-order chi connectivity index (χ0) is 20.2. The van der Waals surface area contributed by atoms with Gasteiger partial charge in [-0.3, -0.25) is 0 Å². The van der Waals surface area contributed by atoms with Crippen molar-refractivity contribution in [1.29, 1.82) is 0 Å². The first-order chi connectivity index (χ1) is 13.9. The normalized spacial score (nSPS) is 17.8. The molecular weight excluding hydrogens is 404 g/mol. The van der Waals surface area contributed by atoms with Gasteiger partial charge < -0.3 is 4.90 Å². The lowest BCUT2D eigenvalue weighted by molar-refractivity contribution is 0.384. The van der Waals surface area contributed by atoms with Gasteiger partial charge in [-0.05, 0) is 61.9 Å². The summed E-state index contributed by atoms with van der Waals surface area (Å²) < 4.78 is 28.0. The molecular formula is C21H24N4O2S2. The number of hydrogen-bond donors (Lipinski definition) is 0. The minimum atomic E-state index is -3.46. The molecule has 2 aliphatic rings. The van der Waals surface area contributed by atoms with Crippen molar-refractivity contribution in [3.05, 3.63) is 46.1 Å². The molecule has 29 heavy (non-hydrogen) atoms. The Balaban J connectivity index is 1.38. The molecule has 1 aromatic carbocycles. The minimum Gasteiger partial charge on any atom is -0.353 e. The Labute approximate surface area is 175 Å². The van der Waals surface area contributed by atoms with Gasteiger partial charge in [0.05, 0.1) is 10.3 Å². The van der Waals surface area contributed by atoms with E-state index in [1.807, 2.05) is 12.1 Å². The second-order valence-corrected chi connectivity index (χ2v) is 11.0. The van der Waals surface area contributed by atoms with Crippen LogP contribution in [0.1, 0.15) is 28.0 Å². The van der Waals surface area contributed by atoms with Crippen molar-refractivity contribution in [1.82, 2.24) is 14.3 Å². The van der Waals surface area contributed by atoms with E-state index in [0.29, 0.717) is 31.1 Å². The van der Waals surface area contributed by atoms with Gasteiger partial charge in [-0.15, -0.1) is 11.3 Å². The highest BCUT2D eigenvalue weighted by Crippen LogP contribution is 2.35. The molecule has 5 rings (SSSR count). The molecule has 152 valence electrons. The third-order valence-corrected chi connectivity index (χ3v) is 9.20. The first kappa shape index (κ1) is 19.0. The van der Waals surface area contributed by atoms with Gasteiger partial charge in [0.15, 0.2) is 0 Å². The fourth-order valence-corrected chi connectivity index (χ4v) is 6.87. The topological polar surface area (TPSA) is 66.4 Å². The van der Waals surface area contributed by atoms with Crippen LogP contribution < -0.4 is 4.90 Å². The molecule has 8 heteroatoms. The predicted octanol–water partition coefficient (Wildman–Crippen LogP) is 3.31. The molecule has 2 aromatic heterocycles. The average Bonchev–Trinajstić information content (AvgIpc) is 3.32.